The number of aliphatic hydroxyl groups excluding tert-OH is 2. The van der Waals surface area contributed by atoms with Gasteiger partial charge in [0.1, 0.15) is 22.8 Å². The number of aromatic hydroxyl groups is 1. The van der Waals surface area contributed by atoms with Crippen molar-refractivity contribution in [2.24, 2.45) is 17.6 Å². The second kappa shape index (κ2) is 7.18. The Morgan fingerprint density at radius 2 is 1.88 bits per heavy atom. The number of benzene rings is 1. The van der Waals surface area contributed by atoms with Crippen molar-refractivity contribution in [1.82, 2.24) is 4.90 Å². The molecule has 1 aromatic carbocycles. The number of carbonyl (C=O) groups excluding carboxylic acids is 3. The highest BCUT2D eigenvalue weighted by molar-refractivity contribution is 6.24. The van der Waals surface area contributed by atoms with Crippen molar-refractivity contribution in [3.63, 3.8) is 0 Å². The molecule has 170 valence electrons. The lowest BCUT2D eigenvalue weighted by Crippen LogP contribution is -2.65. The van der Waals surface area contributed by atoms with Crippen molar-refractivity contribution in [1.29, 1.82) is 0 Å². The zero-order valence-electron chi connectivity index (χ0n) is 18.0. The van der Waals surface area contributed by atoms with Crippen LogP contribution in [0.5, 0.6) is 5.75 Å². The summed E-state index contributed by atoms with van der Waals surface area (Å²) in [5.41, 5.74) is 3.47. The number of nitrogens with two attached hydrogens (primary N) is 1. The zero-order valence-corrected chi connectivity index (χ0v) is 18.0. The average molecular weight is 442 g/mol. The molecule has 4 atom stereocenters. The zero-order chi connectivity index (χ0) is 23.7. The standard InChI is InChI=1S/C23H26N2O7/c1-4-9-5-6-13(26)15-11(9)7-10-8-12-17(25(2)3)19(28)16(22(24)31)21(30)23(12,32)20(29)14(10)18(15)27/h5-6,10,12,17,26-27,30,32H,4,7-8H2,1-3H3,(H2,24,31)/t10-,12+,17-,23+/m1/s1. The van der Waals surface area contributed by atoms with E-state index in [2.05, 4.69) is 0 Å². The number of hydrogen-bond donors (Lipinski definition) is 5. The van der Waals surface area contributed by atoms with Crippen LogP contribution in [0.3, 0.4) is 0 Å². The SMILES string of the molecule is CCc1ccc(O)c2c1C[C@@H]1C[C@H]3[C@@H](N(C)C)C(=O)C(C(N)=O)=C(O)[C@@]3(O)C(=O)C1=C2O. The number of aryl methyl sites for hydroxylation is 1. The summed E-state index contributed by atoms with van der Waals surface area (Å²) in [6.45, 7) is 1.93. The Morgan fingerprint density at radius 1 is 1.22 bits per heavy atom. The van der Waals surface area contributed by atoms with Gasteiger partial charge in [-0.25, -0.2) is 0 Å². The van der Waals surface area contributed by atoms with Crippen LogP contribution in [0.25, 0.3) is 5.76 Å². The van der Waals surface area contributed by atoms with Crippen molar-refractivity contribution in [2.45, 2.75) is 37.8 Å². The Labute approximate surface area is 184 Å². The molecule has 0 bridgehead atoms. The molecular formula is C23H26N2O7. The average Bonchev–Trinajstić information content (AvgIpc) is 2.70. The van der Waals surface area contributed by atoms with E-state index in [9.17, 15) is 34.8 Å². The summed E-state index contributed by atoms with van der Waals surface area (Å²) >= 11 is 0. The van der Waals surface area contributed by atoms with Gasteiger partial charge in [0, 0.05) is 11.5 Å². The maximum absolute atomic E-state index is 13.6. The number of likely N-dealkylation sites (N-methyl/N-ethyl adjacent to an activating group) is 1. The lowest BCUT2D eigenvalue weighted by molar-refractivity contribution is -0.153. The van der Waals surface area contributed by atoms with Gasteiger partial charge in [0.25, 0.3) is 5.91 Å². The first kappa shape index (κ1) is 22.0. The van der Waals surface area contributed by atoms with Crippen LogP contribution in [0, 0.1) is 11.8 Å². The molecule has 0 aromatic heterocycles. The number of hydrogen-bond acceptors (Lipinski definition) is 8. The number of carbonyl (C=O) groups is 3. The highest BCUT2D eigenvalue weighted by Crippen LogP contribution is 2.52. The number of nitrogens with zero attached hydrogens (tertiary/aromatic N) is 1. The monoisotopic (exact) mass is 442 g/mol. The molecular weight excluding hydrogens is 416 g/mol. The molecule has 1 fully saturated rings. The molecule has 0 spiro atoms. The van der Waals surface area contributed by atoms with Crippen molar-refractivity contribution in [3.8, 4) is 5.75 Å². The number of primary amides is 1. The molecule has 0 radical (unpaired) electrons. The van der Waals surface area contributed by atoms with Gasteiger partial charge in [-0.3, -0.25) is 19.3 Å². The third kappa shape index (κ3) is 2.67. The summed E-state index contributed by atoms with van der Waals surface area (Å²) in [5.74, 6) is -6.38. The van der Waals surface area contributed by atoms with E-state index in [1.807, 2.05) is 6.92 Å². The minimum atomic E-state index is -2.61. The number of rotatable bonds is 3. The van der Waals surface area contributed by atoms with Gasteiger partial charge in [-0.1, -0.05) is 13.0 Å². The summed E-state index contributed by atoms with van der Waals surface area (Å²) in [4.78, 5) is 40.1. The lowest BCUT2D eigenvalue weighted by Gasteiger charge is -2.50. The fraction of sp³-hybridized carbons (Fsp3) is 0.435. The molecule has 0 heterocycles. The van der Waals surface area contributed by atoms with Crippen molar-refractivity contribution < 1.29 is 34.8 Å². The van der Waals surface area contributed by atoms with E-state index in [0.29, 0.717) is 18.4 Å². The van der Waals surface area contributed by atoms with Crippen LogP contribution in [0.15, 0.2) is 29.0 Å². The highest BCUT2D eigenvalue weighted by atomic mass is 16.3. The Kier molecular flexibility index (Phi) is 4.94. The molecule has 3 aliphatic carbocycles. The van der Waals surface area contributed by atoms with Crippen LogP contribution in [0.2, 0.25) is 0 Å². The molecule has 0 unspecified atom stereocenters. The predicted molar refractivity (Wildman–Crippen MR) is 114 cm³/mol. The summed E-state index contributed by atoms with van der Waals surface area (Å²) in [7, 11) is 3.14. The minimum absolute atomic E-state index is 0.0879. The summed E-state index contributed by atoms with van der Waals surface area (Å²) in [6, 6.07) is 2.11. The van der Waals surface area contributed by atoms with Crippen molar-refractivity contribution in [3.05, 3.63) is 45.7 Å². The summed E-state index contributed by atoms with van der Waals surface area (Å²) < 4.78 is 0. The van der Waals surface area contributed by atoms with E-state index >= 15 is 0 Å². The molecule has 0 aliphatic heterocycles. The topological polar surface area (TPSA) is 161 Å². The normalized spacial score (nSPS) is 29.7. The smallest absolute Gasteiger partial charge is 0.255 e. The van der Waals surface area contributed by atoms with Gasteiger partial charge in [-0.2, -0.15) is 0 Å². The predicted octanol–water partition coefficient (Wildman–Crippen LogP) is 0.526. The van der Waals surface area contributed by atoms with E-state index in [1.54, 1.807) is 20.2 Å². The number of phenols is 1. The minimum Gasteiger partial charge on any atom is -0.508 e. The van der Waals surface area contributed by atoms with Crippen LogP contribution in [0.4, 0.5) is 0 Å². The van der Waals surface area contributed by atoms with E-state index in [1.165, 1.54) is 11.0 Å². The van der Waals surface area contributed by atoms with Crippen LogP contribution < -0.4 is 5.73 Å². The fourth-order valence-electron chi connectivity index (χ4n) is 5.64. The van der Waals surface area contributed by atoms with Crippen molar-refractivity contribution in [2.75, 3.05) is 14.1 Å². The lowest BCUT2D eigenvalue weighted by atomic mass is 9.57. The second-order valence-corrected chi connectivity index (χ2v) is 8.91. The third-order valence-corrected chi connectivity index (χ3v) is 7.08. The number of amides is 1. The van der Waals surface area contributed by atoms with Gasteiger partial charge < -0.3 is 26.2 Å². The largest absolute Gasteiger partial charge is 0.508 e. The van der Waals surface area contributed by atoms with Crippen molar-refractivity contribution >= 4 is 23.2 Å². The molecule has 9 heteroatoms. The first-order valence-electron chi connectivity index (χ1n) is 10.4. The second-order valence-electron chi connectivity index (χ2n) is 8.91. The van der Waals surface area contributed by atoms with Crippen LogP contribution in [-0.4, -0.2) is 68.5 Å². The van der Waals surface area contributed by atoms with Gasteiger partial charge in [0.15, 0.2) is 11.4 Å². The first-order chi connectivity index (χ1) is 15.0. The fourth-order valence-corrected chi connectivity index (χ4v) is 5.64. The number of ketones is 2. The number of aliphatic hydroxyl groups is 3. The summed E-state index contributed by atoms with van der Waals surface area (Å²) in [6.07, 6.45) is 1.04. The number of fused-ring (bicyclic) bond motifs is 3. The van der Waals surface area contributed by atoms with Crippen LogP contribution in [0.1, 0.15) is 30.0 Å². The molecule has 3 aliphatic rings. The molecule has 6 N–H and O–H groups in total. The summed E-state index contributed by atoms with van der Waals surface area (Å²) in [5, 5.41) is 43.7. The number of Topliss-reactive ketones (excluding diaryl/α,β-unsaturated/α-hetero) is 2. The van der Waals surface area contributed by atoms with E-state index in [0.717, 1.165) is 5.56 Å². The molecule has 1 aromatic rings. The van der Waals surface area contributed by atoms with Crippen LogP contribution >= 0.6 is 0 Å². The molecule has 9 nitrogen and oxygen atoms in total. The molecule has 0 saturated heterocycles. The third-order valence-electron chi connectivity index (χ3n) is 7.08. The molecule has 4 rings (SSSR count). The van der Waals surface area contributed by atoms with Gasteiger partial charge in [0.05, 0.1) is 11.6 Å². The Hall–Kier alpha value is -3.17. The van der Waals surface area contributed by atoms with E-state index in [-0.39, 0.29) is 23.3 Å². The Balaban J connectivity index is 1.99. The highest BCUT2D eigenvalue weighted by Gasteiger charge is 2.64. The quantitative estimate of drug-likeness (QED) is 0.424. The van der Waals surface area contributed by atoms with E-state index in [4.69, 9.17) is 5.73 Å². The van der Waals surface area contributed by atoms with Gasteiger partial charge in [-0.15, -0.1) is 0 Å². The van der Waals surface area contributed by atoms with Gasteiger partial charge in [-0.05, 0) is 56.5 Å². The van der Waals surface area contributed by atoms with Gasteiger partial charge in [0.2, 0.25) is 5.78 Å². The molecule has 1 amide bonds. The van der Waals surface area contributed by atoms with Crippen LogP contribution in [-0.2, 0) is 27.2 Å². The van der Waals surface area contributed by atoms with Gasteiger partial charge >= 0.3 is 0 Å². The maximum Gasteiger partial charge on any atom is 0.255 e. The Morgan fingerprint density at radius 3 is 2.44 bits per heavy atom. The van der Waals surface area contributed by atoms with E-state index < -0.39 is 58.0 Å². The first-order valence-corrected chi connectivity index (χ1v) is 10.4. The number of phenolic OH excluding ortho intramolecular Hbond substituents is 1. The maximum atomic E-state index is 13.6. The molecule has 1 saturated carbocycles. The molecule has 32 heavy (non-hydrogen) atoms. The Bertz CT molecular complexity index is 1130.